The third-order valence-corrected chi connectivity index (χ3v) is 4.06. The van der Waals surface area contributed by atoms with Crippen molar-refractivity contribution >= 4 is 33.6 Å². The molecule has 0 aliphatic rings. The fourth-order valence-corrected chi connectivity index (χ4v) is 2.55. The Bertz CT molecular complexity index is 735. The summed E-state index contributed by atoms with van der Waals surface area (Å²) in [5.74, 6) is -0.119. The summed E-state index contributed by atoms with van der Waals surface area (Å²) in [5.41, 5.74) is 2.76. The third-order valence-electron chi connectivity index (χ3n) is 3.53. The summed E-state index contributed by atoms with van der Waals surface area (Å²) in [7, 11) is 1.65. The molecule has 7 heteroatoms. The number of benzene rings is 2. The maximum absolute atomic E-state index is 11.9. The zero-order valence-electron chi connectivity index (χ0n) is 14.5. The molecule has 0 aromatic heterocycles. The molecule has 138 valence electrons. The van der Waals surface area contributed by atoms with Crippen molar-refractivity contribution in [3.63, 3.8) is 0 Å². The van der Waals surface area contributed by atoms with Crippen LogP contribution in [0.4, 0.5) is 10.5 Å². The lowest BCUT2D eigenvalue weighted by Crippen LogP contribution is -2.33. The highest BCUT2D eigenvalue weighted by Gasteiger charge is 2.05. The van der Waals surface area contributed by atoms with Crippen LogP contribution in [-0.2, 0) is 22.7 Å². The zero-order valence-corrected chi connectivity index (χ0v) is 16.1. The summed E-state index contributed by atoms with van der Waals surface area (Å²) in [6.45, 7) is 1.25. The first kappa shape index (κ1) is 19.9. The van der Waals surface area contributed by atoms with E-state index in [0.717, 1.165) is 15.6 Å². The van der Waals surface area contributed by atoms with Gasteiger partial charge in [-0.1, -0.05) is 40.2 Å². The van der Waals surface area contributed by atoms with Gasteiger partial charge in [0.05, 0.1) is 6.61 Å². The van der Waals surface area contributed by atoms with Crippen molar-refractivity contribution in [2.24, 2.45) is 0 Å². The van der Waals surface area contributed by atoms with Crippen LogP contribution >= 0.6 is 15.9 Å². The van der Waals surface area contributed by atoms with Gasteiger partial charge in [-0.15, -0.1) is 0 Å². The SMILES string of the molecule is COCc1cccc(CNC(=O)CCNC(=O)Nc2ccc(Br)cc2)c1. The minimum Gasteiger partial charge on any atom is -0.380 e. The Labute approximate surface area is 161 Å². The zero-order chi connectivity index (χ0) is 18.8. The van der Waals surface area contributed by atoms with E-state index in [2.05, 4.69) is 31.9 Å². The van der Waals surface area contributed by atoms with Crippen molar-refractivity contribution in [3.8, 4) is 0 Å². The molecule has 0 radical (unpaired) electrons. The highest BCUT2D eigenvalue weighted by atomic mass is 79.9. The molecule has 26 heavy (non-hydrogen) atoms. The van der Waals surface area contributed by atoms with Crippen molar-refractivity contribution in [1.29, 1.82) is 0 Å². The number of rotatable bonds is 8. The molecule has 2 aromatic rings. The topological polar surface area (TPSA) is 79.5 Å². The first-order chi connectivity index (χ1) is 12.6. The fourth-order valence-electron chi connectivity index (χ4n) is 2.28. The molecule has 0 heterocycles. The normalized spacial score (nSPS) is 10.2. The molecular formula is C19H22BrN3O3. The van der Waals surface area contributed by atoms with E-state index < -0.39 is 0 Å². The molecule has 0 fully saturated rings. The number of nitrogens with one attached hydrogen (secondary N) is 3. The Hall–Kier alpha value is -2.38. The molecule has 0 aliphatic carbocycles. The van der Waals surface area contributed by atoms with Gasteiger partial charge in [0.25, 0.3) is 0 Å². The molecule has 0 bridgehead atoms. The average molecular weight is 420 g/mol. The van der Waals surface area contributed by atoms with Crippen LogP contribution in [0.1, 0.15) is 17.5 Å². The maximum atomic E-state index is 11.9. The van der Waals surface area contributed by atoms with Gasteiger partial charge < -0.3 is 20.7 Å². The van der Waals surface area contributed by atoms with E-state index in [-0.39, 0.29) is 24.9 Å². The van der Waals surface area contributed by atoms with Gasteiger partial charge in [0.1, 0.15) is 0 Å². The number of ether oxygens (including phenoxy) is 1. The number of hydrogen-bond acceptors (Lipinski definition) is 3. The molecule has 3 N–H and O–H groups in total. The van der Waals surface area contributed by atoms with Gasteiger partial charge in [-0.2, -0.15) is 0 Å². The average Bonchev–Trinajstić information content (AvgIpc) is 2.63. The van der Waals surface area contributed by atoms with E-state index in [1.807, 2.05) is 36.4 Å². The van der Waals surface area contributed by atoms with E-state index in [1.165, 1.54) is 0 Å². The van der Waals surface area contributed by atoms with Gasteiger partial charge in [-0.3, -0.25) is 4.79 Å². The molecule has 0 saturated heterocycles. The number of amides is 3. The lowest BCUT2D eigenvalue weighted by Gasteiger charge is -2.09. The van der Waals surface area contributed by atoms with Gasteiger partial charge in [-0.05, 0) is 35.4 Å². The molecule has 0 saturated carbocycles. The van der Waals surface area contributed by atoms with Crippen LogP contribution in [0.15, 0.2) is 53.0 Å². The maximum Gasteiger partial charge on any atom is 0.319 e. The first-order valence-corrected chi connectivity index (χ1v) is 9.00. The van der Waals surface area contributed by atoms with Crippen molar-refractivity contribution in [2.45, 2.75) is 19.6 Å². The van der Waals surface area contributed by atoms with E-state index >= 15 is 0 Å². The lowest BCUT2D eigenvalue weighted by atomic mass is 10.1. The Morgan fingerprint density at radius 3 is 2.50 bits per heavy atom. The van der Waals surface area contributed by atoms with E-state index in [1.54, 1.807) is 19.2 Å². The Kier molecular flexibility index (Phi) is 8.11. The number of anilines is 1. The van der Waals surface area contributed by atoms with Gasteiger partial charge in [0, 0.05) is 36.8 Å². The third kappa shape index (κ3) is 7.25. The molecule has 2 rings (SSSR count). The summed E-state index contributed by atoms with van der Waals surface area (Å²) < 4.78 is 6.03. The second-order valence-electron chi connectivity index (χ2n) is 5.67. The molecule has 2 aromatic carbocycles. The fraction of sp³-hybridized carbons (Fsp3) is 0.263. The molecule has 0 spiro atoms. The summed E-state index contributed by atoms with van der Waals surface area (Å²) in [5, 5.41) is 8.21. The summed E-state index contributed by atoms with van der Waals surface area (Å²) in [6, 6.07) is 14.8. The highest BCUT2D eigenvalue weighted by Crippen LogP contribution is 2.13. The molecular weight excluding hydrogens is 398 g/mol. The van der Waals surface area contributed by atoms with Crippen LogP contribution in [0, 0.1) is 0 Å². The predicted octanol–water partition coefficient (Wildman–Crippen LogP) is 3.42. The largest absolute Gasteiger partial charge is 0.380 e. The minimum atomic E-state index is -0.340. The molecule has 0 atom stereocenters. The number of urea groups is 1. The Morgan fingerprint density at radius 1 is 1.04 bits per heavy atom. The van der Waals surface area contributed by atoms with Crippen LogP contribution in [0.25, 0.3) is 0 Å². The standard InChI is InChI=1S/C19H22BrN3O3/c1-26-13-15-4-2-3-14(11-15)12-22-18(24)9-10-21-19(25)23-17-7-5-16(20)6-8-17/h2-8,11H,9-10,12-13H2,1H3,(H,22,24)(H2,21,23,25). The molecule has 6 nitrogen and oxygen atoms in total. The van der Waals surface area contributed by atoms with Crippen LogP contribution < -0.4 is 16.0 Å². The molecule has 0 aliphatic heterocycles. The van der Waals surface area contributed by atoms with Gasteiger partial charge in [0.2, 0.25) is 5.91 Å². The molecule has 3 amide bonds. The summed E-state index contributed by atoms with van der Waals surface area (Å²) in [4.78, 5) is 23.7. The van der Waals surface area contributed by atoms with Crippen molar-refractivity contribution in [1.82, 2.24) is 10.6 Å². The Balaban J connectivity index is 1.66. The Morgan fingerprint density at radius 2 is 1.77 bits per heavy atom. The van der Waals surface area contributed by atoms with Gasteiger partial charge >= 0.3 is 6.03 Å². The van der Waals surface area contributed by atoms with E-state index in [0.29, 0.717) is 18.8 Å². The van der Waals surface area contributed by atoms with Crippen LogP contribution in [0.5, 0.6) is 0 Å². The summed E-state index contributed by atoms with van der Waals surface area (Å²) in [6.07, 6.45) is 0.214. The van der Waals surface area contributed by atoms with Gasteiger partial charge in [-0.25, -0.2) is 4.79 Å². The monoisotopic (exact) mass is 419 g/mol. The van der Waals surface area contributed by atoms with Crippen molar-refractivity contribution in [3.05, 3.63) is 64.1 Å². The summed E-state index contributed by atoms with van der Waals surface area (Å²) >= 11 is 3.33. The van der Waals surface area contributed by atoms with E-state index in [9.17, 15) is 9.59 Å². The number of halogens is 1. The lowest BCUT2D eigenvalue weighted by molar-refractivity contribution is -0.121. The van der Waals surface area contributed by atoms with Crippen LogP contribution in [-0.4, -0.2) is 25.6 Å². The van der Waals surface area contributed by atoms with Crippen LogP contribution in [0.2, 0.25) is 0 Å². The van der Waals surface area contributed by atoms with Crippen LogP contribution in [0.3, 0.4) is 0 Å². The molecule has 0 unspecified atom stereocenters. The van der Waals surface area contributed by atoms with Crippen molar-refractivity contribution < 1.29 is 14.3 Å². The quantitative estimate of drug-likeness (QED) is 0.612. The van der Waals surface area contributed by atoms with Crippen molar-refractivity contribution in [2.75, 3.05) is 19.0 Å². The first-order valence-electron chi connectivity index (χ1n) is 8.20. The predicted molar refractivity (Wildman–Crippen MR) is 105 cm³/mol. The smallest absolute Gasteiger partial charge is 0.319 e. The number of carbonyl (C=O) groups is 2. The number of methoxy groups -OCH3 is 1. The second kappa shape index (κ2) is 10.6. The van der Waals surface area contributed by atoms with Gasteiger partial charge in [0.15, 0.2) is 0 Å². The van der Waals surface area contributed by atoms with E-state index in [4.69, 9.17) is 4.74 Å². The number of carbonyl (C=O) groups excluding carboxylic acids is 2. The minimum absolute atomic E-state index is 0.119. The highest BCUT2D eigenvalue weighted by molar-refractivity contribution is 9.10. The number of hydrogen-bond donors (Lipinski definition) is 3. The second-order valence-corrected chi connectivity index (χ2v) is 6.58.